The van der Waals surface area contributed by atoms with Gasteiger partial charge < -0.3 is 10.5 Å². The first-order valence-electron chi connectivity index (χ1n) is 5.65. The molecule has 3 N–H and O–H groups in total. The standard InChI is InChI=1S/C9H17NO2.C2H6O4S/c1-5-8(11)12-7(2)6-9(3,4)10;1-2-6-7(3,4)5/h5,7H,1,6,10H2,2-4H3;2H2,1H3,(H,3,4,5). The van der Waals surface area contributed by atoms with Crippen LogP contribution in [-0.2, 0) is 24.1 Å². The van der Waals surface area contributed by atoms with Crippen LogP contribution in [0.4, 0.5) is 0 Å². The molecule has 114 valence electrons. The third-order valence-electron chi connectivity index (χ3n) is 1.56. The van der Waals surface area contributed by atoms with E-state index >= 15 is 0 Å². The van der Waals surface area contributed by atoms with E-state index in [4.69, 9.17) is 15.0 Å². The lowest BCUT2D eigenvalue weighted by molar-refractivity contribution is -0.142. The highest BCUT2D eigenvalue weighted by Crippen LogP contribution is 2.10. The van der Waals surface area contributed by atoms with Gasteiger partial charge in [0, 0.05) is 18.0 Å². The van der Waals surface area contributed by atoms with E-state index in [1.54, 1.807) is 0 Å². The fourth-order valence-electron chi connectivity index (χ4n) is 1.18. The predicted octanol–water partition coefficient (Wildman–Crippen LogP) is 1.06. The van der Waals surface area contributed by atoms with Crippen molar-refractivity contribution in [1.82, 2.24) is 0 Å². The van der Waals surface area contributed by atoms with Crippen LogP contribution >= 0.6 is 0 Å². The van der Waals surface area contributed by atoms with Crippen LogP contribution in [0.1, 0.15) is 34.1 Å². The van der Waals surface area contributed by atoms with E-state index in [9.17, 15) is 13.2 Å². The summed E-state index contributed by atoms with van der Waals surface area (Å²) in [6.07, 6.45) is 1.64. The molecule has 0 aromatic heterocycles. The van der Waals surface area contributed by atoms with E-state index in [-0.39, 0.29) is 18.2 Å². The molecule has 0 aromatic rings. The van der Waals surface area contributed by atoms with Gasteiger partial charge in [0.25, 0.3) is 0 Å². The highest BCUT2D eigenvalue weighted by Gasteiger charge is 2.17. The maximum Gasteiger partial charge on any atom is 0.397 e. The van der Waals surface area contributed by atoms with Gasteiger partial charge in [0.05, 0.1) is 6.61 Å². The van der Waals surface area contributed by atoms with Gasteiger partial charge >= 0.3 is 16.4 Å². The Morgan fingerprint density at radius 2 is 2.00 bits per heavy atom. The zero-order valence-electron chi connectivity index (χ0n) is 11.8. The maximum atomic E-state index is 10.7. The van der Waals surface area contributed by atoms with E-state index in [2.05, 4.69) is 10.8 Å². The van der Waals surface area contributed by atoms with Crippen molar-refractivity contribution in [2.75, 3.05) is 6.61 Å². The SMILES string of the molecule is C=CC(=O)OC(C)CC(C)(C)N.CCOS(=O)(=O)O. The number of carbonyl (C=O) groups excluding carboxylic acids is 1. The Hall–Kier alpha value is -0.960. The van der Waals surface area contributed by atoms with Gasteiger partial charge in [-0.1, -0.05) is 6.58 Å². The van der Waals surface area contributed by atoms with Gasteiger partial charge in [0.2, 0.25) is 0 Å². The van der Waals surface area contributed by atoms with E-state index in [1.165, 1.54) is 6.92 Å². The molecule has 8 heteroatoms. The highest BCUT2D eigenvalue weighted by atomic mass is 32.3. The molecule has 19 heavy (non-hydrogen) atoms. The molecule has 0 aliphatic heterocycles. The summed E-state index contributed by atoms with van der Waals surface area (Å²) in [6, 6.07) is 0. The van der Waals surface area contributed by atoms with Crippen molar-refractivity contribution >= 4 is 16.4 Å². The second kappa shape index (κ2) is 9.03. The van der Waals surface area contributed by atoms with Gasteiger partial charge in [-0.05, 0) is 27.7 Å². The van der Waals surface area contributed by atoms with Crippen molar-refractivity contribution in [2.24, 2.45) is 5.73 Å². The number of ether oxygens (including phenoxy) is 1. The van der Waals surface area contributed by atoms with Gasteiger partial charge in [-0.2, -0.15) is 8.42 Å². The van der Waals surface area contributed by atoms with Crippen LogP contribution in [0.15, 0.2) is 12.7 Å². The van der Waals surface area contributed by atoms with E-state index in [0.717, 1.165) is 6.08 Å². The Labute approximate surface area is 114 Å². The van der Waals surface area contributed by atoms with Crippen molar-refractivity contribution in [1.29, 1.82) is 0 Å². The smallest absolute Gasteiger partial charge is 0.397 e. The number of hydrogen-bond donors (Lipinski definition) is 2. The van der Waals surface area contributed by atoms with Crippen molar-refractivity contribution in [3.8, 4) is 0 Å². The van der Waals surface area contributed by atoms with Crippen LogP contribution in [-0.4, -0.2) is 37.2 Å². The number of esters is 1. The first kappa shape index (κ1) is 20.4. The summed E-state index contributed by atoms with van der Waals surface area (Å²) in [5.74, 6) is -0.397. The zero-order valence-corrected chi connectivity index (χ0v) is 12.6. The minimum Gasteiger partial charge on any atom is -0.459 e. The molecule has 0 saturated carbocycles. The predicted molar refractivity (Wildman–Crippen MR) is 71.8 cm³/mol. The van der Waals surface area contributed by atoms with Crippen LogP contribution in [0.3, 0.4) is 0 Å². The Balaban J connectivity index is 0. The molecule has 0 amide bonds. The first-order chi connectivity index (χ1) is 8.41. The summed E-state index contributed by atoms with van der Waals surface area (Å²) in [6.45, 7) is 10.3. The van der Waals surface area contributed by atoms with Gasteiger partial charge in [0.1, 0.15) is 6.10 Å². The summed E-state index contributed by atoms with van der Waals surface area (Å²) in [4.78, 5) is 10.7. The molecule has 0 radical (unpaired) electrons. The third-order valence-corrected chi connectivity index (χ3v) is 2.10. The molecule has 0 aliphatic carbocycles. The Bertz CT molecular complexity index is 371. The molecular formula is C11H23NO6S. The van der Waals surface area contributed by atoms with Crippen LogP contribution in [0.2, 0.25) is 0 Å². The summed E-state index contributed by atoms with van der Waals surface area (Å²) < 4.78 is 35.6. The number of hydrogen-bond acceptors (Lipinski definition) is 6. The van der Waals surface area contributed by atoms with Gasteiger partial charge in [-0.3, -0.25) is 4.55 Å². The minimum absolute atomic E-state index is 0.0289. The number of rotatable bonds is 6. The average Bonchev–Trinajstić information content (AvgIpc) is 2.13. The van der Waals surface area contributed by atoms with Gasteiger partial charge in [-0.25, -0.2) is 8.98 Å². The summed E-state index contributed by atoms with van der Waals surface area (Å²) >= 11 is 0. The van der Waals surface area contributed by atoms with Crippen molar-refractivity contribution < 1.29 is 26.7 Å². The maximum absolute atomic E-state index is 10.7. The monoisotopic (exact) mass is 297 g/mol. The molecule has 0 saturated heterocycles. The molecule has 0 aliphatic rings. The van der Waals surface area contributed by atoms with E-state index in [1.807, 2.05) is 20.8 Å². The molecule has 1 atom stereocenters. The lowest BCUT2D eigenvalue weighted by Crippen LogP contribution is -2.36. The molecule has 0 spiro atoms. The number of carbonyl (C=O) groups is 1. The summed E-state index contributed by atoms with van der Waals surface area (Å²) in [5, 5.41) is 0. The highest BCUT2D eigenvalue weighted by molar-refractivity contribution is 7.80. The third kappa shape index (κ3) is 19.6. The second-order valence-electron chi connectivity index (χ2n) is 4.48. The molecule has 0 heterocycles. The molecular weight excluding hydrogens is 274 g/mol. The lowest BCUT2D eigenvalue weighted by atomic mass is 9.99. The molecule has 7 nitrogen and oxygen atoms in total. The fraction of sp³-hybridized carbons (Fsp3) is 0.727. The first-order valence-corrected chi connectivity index (χ1v) is 7.01. The quantitative estimate of drug-likeness (QED) is 0.427. The Kier molecular flexibility index (Phi) is 9.67. The molecule has 0 bridgehead atoms. The van der Waals surface area contributed by atoms with Crippen LogP contribution < -0.4 is 5.73 Å². The topological polar surface area (TPSA) is 116 Å². The normalized spacial score (nSPS) is 12.9. The fourth-order valence-corrected chi connectivity index (χ4v) is 1.48. The van der Waals surface area contributed by atoms with Crippen molar-refractivity contribution in [3.05, 3.63) is 12.7 Å². The van der Waals surface area contributed by atoms with Crippen LogP contribution in [0.5, 0.6) is 0 Å². The van der Waals surface area contributed by atoms with E-state index < -0.39 is 16.4 Å². The molecule has 1 unspecified atom stereocenters. The van der Waals surface area contributed by atoms with Gasteiger partial charge in [-0.15, -0.1) is 0 Å². The second-order valence-corrected chi connectivity index (χ2v) is 5.57. The van der Waals surface area contributed by atoms with Gasteiger partial charge in [0.15, 0.2) is 0 Å². The zero-order chi connectivity index (χ0) is 15.7. The minimum atomic E-state index is -4.17. The molecule has 0 aromatic carbocycles. The Morgan fingerprint density at radius 1 is 1.53 bits per heavy atom. The van der Waals surface area contributed by atoms with E-state index in [0.29, 0.717) is 6.42 Å². The largest absolute Gasteiger partial charge is 0.459 e. The lowest BCUT2D eigenvalue weighted by Gasteiger charge is -2.22. The average molecular weight is 297 g/mol. The number of nitrogens with two attached hydrogens (primary N) is 1. The summed E-state index contributed by atoms with van der Waals surface area (Å²) in [7, 11) is -4.17. The van der Waals surface area contributed by atoms with Crippen molar-refractivity contribution in [3.63, 3.8) is 0 Å². The molecule has 0 fully saturated rings. The summed E-state index contributed by atoms with van der Waals surface area (Å²) in [5.41, 5.74) is 5.43. The van der Waals surface area contributed by atoms with Crippen LogP contribution in [0.25, 0.3) is 0 Å². The van der Waals surface area contributed by atoms with Crippen LogP contribution in [0, 0.1) is 0 Å². The molecule has 0 rings (SSSR count). The Morgan fingerprint density at radius 3 is 2.21 bits per heavy atom. The van der Waals surface area contributed by atoms with Crippen molar-refractivity contribution in [2.45, 2.75) is 45.8 Å².